The molecule has 1 amide bonds. The van der Waals surface area contributed by atoms with Crippen LogP contribution in [0.25, 0.3) is 11.0 Å². The molecule has 0 bridgehead atoms. The molecule has 1 unspecified atom stereocenters. The molecule has 1 heterocycles. The molecule has 0 fully saturated rings. The van der Waals surface area contributed by atoms with E-state index in [-0.39, 0.29) is 11.9 Å². The molecule has 1 aromatic heterocycles. The molecule has 5 nitrogen and oxygen atoms in total. The Hall–Kier alpha value is -2.79. The Kier molecular flexibility index (Phi) is 5.28. The fraction of sp³-hybridized carbons (Fsp3) is 0.286. The molecule has 0 spiro atoms. The molecule has 0 saturated carbocycles. The van der Waals surface area contributed by atoms with Crippen LogP contribution >= 0.6 is 0 Å². The molecule has 0 saturated heterocycles. The lowest BCUT2D eigenvalue weighted by Crippen LogP contribution is -2.38. The van der Waals surface area contributed by atoms with Crippen molar-refractivity contribution in [1.29, 1.82) is 0 Å². The Bertz CT molecular complexity index is 905. The predicted octanol–water partition coefficient (Wildman–Crippen LogP) is 3.20. The van der Waals surface area contributed by atoms with Gasteiger partial charge in [-0.25, -0.2) is 4.98 Å². The zero-order valence-electron chi connectivity index (χ0n) is 15.7. The third-order valence-electron chi connectivity index (χ3n) is 4.42. The minimum absolute atomic E-state index is 0.0359. The first kappa shape index (κ1) is 18.0. The second kappa shape index (κ2) is 7.62. The Balaban J connectivity index is 1.80. The van der Waals surface area contributed by atoms with Gasteiger partial charge in [0.25, 0.3) is 0 Å². The maximum Gasteiger partial charge on any atom is 0.244 e. The molecule has 3 aromatic rings. The average molecular weight is 348 g/mol. The van der Waals surface area contributed by atoms with Gasteiger partial charge in [-0.05, 0) is 38.7 Å². The van der Waals surface area contributed by atoms with Gasteiger partial charge in [0.1, 0.15) is 6.04 Å². The number of para-hydroxylation sites is 2. The number of nitrogens with zero attached hydrogens (tertiary/aromatic N) is 4. The maximum absolute atomic E-state index is 13.1. The van der Waals surface area contributed by atoms with E-state index in [9.17, 15) is 4.79 Å². The van der Waals surface area contributed by atoms with Gasteiger partial charge in [-0.1, -0.05) is 42.0 Å². The molecule has 0 aliphatic carbocycles. The van der Waals surface area contributed by atoms with Gasteiger partial charge in [-0.15, -0.1) is 0 Å². The summed E-state index contributed by atoms with van der Waals surface area (Å²) in [7, 11) is 5.65. The molecular formula is C21H24N4O. The molecular weight excluding hydrogens is 324 g/mol. The molecule has 3 rings (SSSR count). The van der Waals surface area contributed by atoms with Gasteiger partial charge in [-0.2, -0.15) is 0 Å². The number of aromatic nitrogens is 2. The number of aryl methyl sites for hydroxylation is 1. The van der Waals surface area contributed by atoms with Gasteiger partial charge in [-0.3, -0.25) is 14.7 Å². The summed E-state index contributed by atoms with van der Waals surface area (Å²) in [5, 5.41) is 0. The van der Waals surface area contributed by atoms with E-state index in [0.29, 0.717) is 6.54 Å². The van der Waals surface area contributed by atoms with Crippen LogP contribution in [0.5, 0.6) is 0 Å². The van der Waals surface area contributed by atoms with Crippen molar-refractivity contribution in [2.24, 2.45) is 0 Å². The number of rotatable bonds is 5. The highest BCUT2D eigenvalue weighted by molar-refractivity contribution is 5.83. The number of likely N-dealkylation sites (N-methyl/N-ethyl adjacent to an activating group) is 2. The highest BCUT2D eigenvalue weighted by Gasteiger charge is 2.26. The Morgan fingerprint density at radius 2 is 1.65 bits per heavy atom. The molecule has 5 heteroatoms. The maximum atomic E-state index is 13.1. The summed E-state index contributed by atoms with van der Waals surface area (Å²) in [6.07, 6.45) is 1.74. The number of benzene rings is 2. The Morgan fingerprint density at radius 1 is 1.00 bits per heavy atom. The van der Waals surface area contributed by atoms with Crippen molar-refractivity contribution < 1.29 is 4.79 Å². The number of hydrogen-bond acceptors (Lipinski definition) is 4. The fourth-order valence-electron chi connectivity index (χ4n) is 3.01. The van der Waals surface area contributed by atoms with Crippen molar-refractivity contribution in [2.45, 2.75) is 19.5 Å². The Labute approximate surface area is 154 Å². The number of fused-ring (bicyclic) bond motifs is 1. The summed E-state index contributed by atoms with van der Waals surface area (Å²) >= 11 is 0. The lowest BCUT2D eigenvalue weighted by molar-refractivity contribution is -0.135. The van der Waals surface area contributed by atoms with Crippen molar-refractivity contribution >= 4 is 16.9 Å². The third kappa shape index (κ3) is 3.89. The van der Waals surface area contributed by atoms with Gasteiger partial charge < -0.3 is 4.90 Å². The van der Waals surface area contributed by atoms with E-state index in [4.69, 9.17) is 0 Å². The van der Waals surface area contributed by atoms with E-state index < -0.39 is 0 Å². The zero-order valence-corrected chi connectivity index (χ0v) is 15.7. The van der Waals surface area contributed by atoms with Gasteiger partial charge in [0.2, 0.25) is 5.91 Å². The van der Waals surface area contributed by atoms with E-state index >= 15 is 0 Å². The van der Waals surface area contributed by atoms with Crippen LogP contribution in [0.15, 0.2) is 54.7 Å². The highest BCUT2D eigenvalue weighted by atomic mass is 16.2. The Morgan fingerprint density at radius 3 is 2.31 bits per heavy atom. The summed E-state index contributed by atoms with van der Waals surface area (Å²) in [6, 6.07) is 15.5. The van der Waals surface area contributed by atoms with Crippen molar-refractivity contribution in [1.82, 2.24) is 19.8 Å². The van der Waals surface area contributed by atoms with Gasteiger partial charge in [0, 0.05) is 7.05 Å². The van der Waals surface area contributed by atoms with E-state index in [1.807, 2.05) is 81.5 Å². The van der Waals surface area contributed by atoms with Crippen LogP contribution in [0.2, 0.25) is 0 Å². The summed E-state index contributed by atoms with van der Waals surface area (Å²) in [5.74, 6) is 0.0359. The SMILES string of the molecule is Cc1ccc(C(C(=O)N(C)Cc2cnc3ccccc3n2)N(C)C)cc1. The van der Waals surface area contributed by atoms with Gasteiger partial charge in [0.15, 0.2) is 0 Å². The van der Waals surface area contributed by atoms with Crippen LogP contribution in [0.3, 0.4) is 0 Å². The first-order valence-electron chi connectivity index (χ1n) is 8.64. The van der Waals surface area contributed by atoms with Crippen LogP contribution in [0.1, 0.15) is 22.9 Å². The van der Waals surface area contributed by atoms with Crippen molar-refractivity contribution in [3.05, 3.63) is 71.5 Å². The van der Waals surface area contributed by atoms with Gasteiger partial charge in [0.05, 0.1) is 29.5 Å². The minimum atomic E-state index is -0.325. The normalized spacial score (nSPS) is 12.3. The number of carbonyl (C=O) groups is 1. The van der Waals surface area contributed by atoms with E-state index in [1.54, 1.807) is 11.1 Å². The number of carbonyl (C=O) groups excluding carboxylic acids is 1. The lowest BCUT2D eigenvalue weighted by Gasteiger charge is -2.28. The average Bonchev–Trinajstić information content (AvgIpc) is 2.63. The van der Waals surface area contributed by atoms with Crippen molar-refractivity contribution in [3.63, 3.8) is 0 Å². The second-order valence-electron chi connectivity index (χ2n) is 6.82. The summed E-state index contributed by atoms with van der Waals surface area (Å²) < 4.78 is 0. The molecule has 134 valence electrons. The predicted molar refractivity (Wildman–Crippen MR) is 104 cm³/mol. The number of amides is 1. The largest absolute Gasteiger partial charge is 0.338 e. The van der Waals surface area contributed by atoms with E-state index in [1.165, 1.54) is 5.56 Å². The van der Waals surface area contributed by atoms with Gasteiger partial charge >= 0.3 is 0 Å². The molecule has 0 aliphatic rings. The molecule has 0 radical (unpaired) electrons. The fourth-order valence-corrected chi connectivity index (χ4v) is 3.01. The van der Waals surface area contributed by atoms with E-state index in [2.05, 4.69) is 9.97 Å². The molecule has 0 aliphatic heterocycles. The van der Waals surface area contributed by atoms with Crippen LogP contribution in [-0.2, 0) is 11.3 Å². The van der Waals surface area contributed by atoms with Crippen molar-refractivity contribution in [2.75, 3.05) is 21.1 Å². The van der Waals surface area contributed by atoms with Crippen LogP contribution in [0, 0.1) is 6.92 Å². The van der Waals surface area contributed by atoms with Crippen LogP contribution in [0.4, 0.5) is 0 Å². The van der Waals surface area contributed by atoms with Crippen LogP contribution in [-0.4, -0.2) is 46.8 Å². The lowest BCUT2D eigenvalue weighted by atomic mass is 10.0. The van der Waals surface area contributed by atoms with E-state index in [0.717, 1.165) is 22.3 Å². The summed E-state index contributed by atoms with van der Waals surface area (Å²) in [6.45, 7) is 2.47. The standard InChI is InChI=1S/C21H24N4O/c1-15-9-11-16(12-10-15)20(24(2)3)21(26)25(4)14-17-13-22-18-7-5-6-8-19(18)23-17/h5-13,20H,14H2,1-4H3. The monoisotopic (exact) mass is 348 g/mol. The molecule has 1 atom stereocenters. The molecule has 2 aromatic carbocycles. The first-order chi connectivity index (χ1) is 12.5. The molecule has 0 N–H and O–H groups in total. The van der Waals surface area contributed by atoms with Crippen molar-refractivity contribution in [3.8, 4) is 0 Å². The smallest absolute Gasteiger partial charge is 0.244 e. The first-order valence-corrected chi connectivity index (χ1v) is 8.64. The topological polar surface area (TPSA) is 49.3 Å². The second-order valence-corrected chi connectivity index (χ2v) is 6.82. The van der Waals surface area contributed by atoms with Crippen LogP contribution < -0.4 is 0 Å². The third-order valence-corrected chi connectivity index (χ3v) is 4.42. The zero-order chi connectivity index (χ0) is 18.7. The summed E-state index contributed by atoms with van der Waals surface area (Å²) in [5.41, 5.74) is 4.64. The minimum Gasteiger partial charge on any atom is -0.338 e. The molecule has 26 heavy (non-hydrogen) atoms. The number of hydrogen-bond donors (Lipinski definition) is 0. The summed E-state index contributed by atoms with van der Waals surface area (Å²) in [4.78, 5) is 25.8. The highest BCUT2D eigenvalue weighted by Crippen LogP contribution is 2.22. The quantitative estimate of drug-likeness (QED) is 0.710.